The van der Waals surface area contributed by atoms with Gasteiger partial charge in [-0.15, -0.1) is 12.4 Å². The third kappa shape index (κ3) is 5.34. The van der Waals surface area contributed by atoms with Crippen molar-refractivity contribution in [2.45, 2.75) is 31.5 Å². The molecule has 1 aliphatic heterocycles. The maximum Gasteiger partial charge on any atom is 0.416 e. The van der Waals surface area contributed by atoms with Crippen LogP contribution < -0.4 is 5.32 Å². The van der Waals surface area contributed by atoms with E-state index in [-0.39, 0.29) is 40.2 Å². The van der Waals surface area contributed by atoms with Gasteiger partial charge in [0.05, 0.1) is 5.56 Å². The highest BCUT2D eigenvalue weighted by Crippen LogP contribution is 2.33. The van der Waals surface area contributed by atoms with Crippen LogP contribution in [-0.2, 0) is 6.18 Å². The summed E-state index contributed by atoms with van der Waals surface area (Å²) in [7, 11) is 1.61. The molecule has 3 nitrogen and oxygen atoms in total. The maximum atomic E-state index is 13.7. The lowest BCUT2D eigenvalue weighted by molar-refractivity contribution is -0.137. The highest BCUT2D eigenvalue weighted by Gasteiger charge is 2.35. The van der Waals surface area contributed by atoms with E-state index in [4.69, 9.17) is 0 Å². The zero-order valence-corrected chi connectivity index (χ0v) is 18.8. The van der Waals surface area contributed by atoms with Crippen molar-refractivity contribution in [3.63, 3.8) is 0 Å². The van der Waals surface area contributed by atoms with Crippen molar-refractivity contribution in [3.05, 3.63) is 68.9 Å². The monoisotopic (exact) mass is 508 g/mol. The summed E-state index contributed by atoms with van der Waals surface area (Å²) in [5.41, 5.74) is 0.509. The number of likely N-dealkylation sites (N-methyl/N-ethyl adjacent to an activating group) is 1. The number of nitrogens with one attached hydrogen (secondary N) is 1. The number of amides is 1. The minimum atomic E-state index is -4.54. The number of carbonyl (C=O) groups excluding carboxylic acids is 1. The topological polar surface area (TPSA) is 32.3 Å². The molecule has 1 fully saturated rings. The number of aryl methyl sites for hydroxylation is 1. The Hall–Kier alpha value is -1.64. The molecule has 2 aromatic rings. The Morgan fingerprint density at radius 3 is 2.53 bits per heavy atom. The zero-order chi connectivity index (χ0) is 21.3. The van der Waals surface area contributed by atoms with Crippen molar-refractivity contribution < 1.29 is 22.4 Å². The van der Waals surface area contributed by atoms with Crippen LogP contribution in [-0.4, -0.2) is 37.0 Å². The minimum absolute atomic E-state index is 0. The molecule has 3 rings (SSSR count). The van der Waals surface area contributed by atoms with Gasteiger partial charge < -0.3 is 10.2 Å². The SMILES string of the molecule is Cc1cc([C@@H]2CNCC[C@H]2N(C)C(=O)c2cc(Br)cc(C(F)(F)F)c2)ccc1F.Cl. The van der Waals surface area contributed by atoms with Crippen molar-refractivity contribution >= 4 is 34.2 Å². The lowest BCUT2D eigenvalue weighted by Crippen LogP contribution is -2.49. The lowest BCUT2D eigenvalue weighted by atomic mass is 9.85. The van der Waals surface area contributed by atoms with Gasteiger partial charge in [-0.1, -0.05) is 28.1 Å². The molecule has 0 aromatic heterocycles. The van der Waals surface area contributed by atoms with Crippen molar-refractivity contribution in [2.24, 2.45) is 0 Å². The van der Waals surface area contributed by atoms with E-state index >= 15 is 0 Å². The van der Waals surface area contributed by atoms with Gasteiger partial charge in [0.2, 0.25) is 0 Å². The van der Waals surface area contributed by atoms with E-state index in [1.54, 1.807) is 26.1 Å². The van der Waals surface area contributed by atoms with Gasteiger partial charge in [0.1, 0.15) is 5.82 Å². The first-order chi connectivity index (χ1) is 13.6. The van der Waals surface area contributed by atoms with E-state index < -0.39 is 17.6 Å². The third-order valence-electron chi connectivity index (χ3n) is 5.35. The second-order valence-electron chi connectivity index (χ2n) is 7.32. The Bertz CT molecular complexity index is 922. The van der Waals surface area contributed by atoms with Crippen LogP contribution in [0.15, 0.2) is 40.9 Å². The summed E-state index contributed by atoms with van der Waals surface area (Å²) in [5, 5.41) is 3.28. The van der Waals surface area contributed by atoms with Gasteiger partial charge in [-0.3, -0.25) is 4.79 Å². The Balaban J connectivity index is 0.00000320. The highest BCUT2D eigenvalue weighted by molar-refractivity contribution is 9.10. The summed E-state index contributed by atoms with van der Waals surface area (Å²) < 4.78 is 53.3. The Labute approximate surface area is 187 Å². The molecule has 2 aromatic carbocycles. The molecule has 0 unspecified atom stereocenters. The first-order valence-electron chi connectivity index (χ1n) is 9.19. The number of halogens is 6. The quantitative estimate of drug-likeness (QED) is 0.550. The predicted molar refractivity (Wildman–Crippen MR) is 114 cm³/mol. The van der Waals surface area contributed by atoms with Gasteiger partial charge in [-0.05, 0) is 55.3 Å². The molecule has 0 bridgehead atoms. The predicted octanol–water partition coefficient (Wildman–Crippen LogP) is 5.55. The highest BCUT2D eigenvalue weighted by atomic mass is 79.9. The van der Waals surface area contributed by atoms with Gasteiger partial charge in [-0.25, -0.2) is 4.39 Å². The van der Waals surface area contributed by atoms with Crippen molar-refractivity contribution in [1.29, 1.82) is 0 Å². The van der Waals surface area contributed by atoms with Crippen molar-refractivity contribution in [3.8, 4) is 0 Å². The van der Waals surface area contributed by atoms with Gasteiger partial charge in [0.15, 0.2) is 0 Å². The van der Waals surface area contributed by atoms with Crippen molar-refractivity contribution in [2.75, 3.05) is 20.1 Å². The molecule has 0 aliphatic carbocycles. The van der Waals surface area contributed by atoms with Crippen molar-refractivity contribution in [1.82, 2.24) is 10.2 Å². The first-order valence-corrected chi connectivity index (χ1v) is 9.99. The Morgan fingerprint density at radius 2 is 1.90 bits per heavy atom. The fourth-order valence-electron chi connectivity index (χ4n) is 3.78. The van der Waals surface area contributed by atoms with Crippen LogP contribution in [0.3, 0.4) is 0 Å². The van der Waals surface area contributed by atoms with Crippen LogP contribution in [0.4, 0.5) is 17.6 Å². The van der Waals surface area contributed by atoms with Crippen LogP contribution in [0.25, 0.3) is 0 Å². The second-order valence-corrected chi connectivity index (χ2v) is 8.23. The molecule has 2 atom stereocenters. The molecular weight excluding hydrogens is 488 g/mol. The average Bonchev–Trinajstić information content (AvgIpc) is 2.68. The van der Waals surface area contributed by atoms with E-state index in [1.807, 2.05) is 0 Å². The summed E-state index contributed by atoms with van der Waals surface area (Å²) in [6.45, 7) is 2.96. The maximum absolute atomic E-state index is 13.7. The van der Waals surface area contributed by atoms with Gasteiger partial charge in [-0.2, -0.15) is 13.2 Å². The third-order valence-corrected chi connectivity index (χ3v) is 5.80. The smallest absolute Gasteiger partial charge is 0.338 e. The van der Waals surface area contributed by atoms with E-state index in [0.29, 0.717) is 25.1 Å². The number of rotatable bonds is 3. The fraction of sp³-hybridized carbons (Fsp3) is 0.381. The van der Waals surface area contributed by atoms with Gasteiger partial charge in [0, 0.05) is 35.6 Å². The number of hydrogen-bond donors (Lipinski definition) is 1. The van der Waals surface area contributed by atoms with Crippen LogP contribution in [0.1, 0.15) is 39.4 Å². The molecule has 30 heavy (non-hydrogen) atoms. The summed E-state index contributed by atoms with van der Waals surface area (Å²) in [4.78, 5) is 14.5. The summed E-state index contributed by atoms with van der Waals surface area (Å²) >= 11 is 3.07. The molecule has 9 heteroatoms. The van der Waals surface area contributed by atoms with E-state index in [9.17, 15) is 22.4 Å². The molecule has 0 radical (unpaired) electrons. The van der Waals surface area contributed by atoms with Crippen LogP contribution in [0.2, 0.25) is 0 Å². The summed E-state index contributed by atoms with van der Waals surface area (Å²) in [6, 6.07) is 7.87. The van der Waals surface area contributed by atoms with Gasteiger partial charge >= 0.3 is 6.18 Å². The van der Waals surface area contributed by atoms with Crippen LogP contribution in [0.5, 0.6) is 0 Å². The molecular formula is C21H22BrClF4N2O. The summed E-state index contributed by atoms with van der Waals surface area (Å²) in [5.74, 6) is -0.869. The van der Waals surface area contributed by atoms with E-state index in [0.717, 1.165) is 17.7 Å². The van der Waals surface area contributed by atoms with Crippen LogP contribution in [0, 0.1) is 12.7 Å². The van der Waals surface area contributed by atoms with Crippen LogP contribution >= 0.6 is 28.3 Å². The summed E-state index contributed by atoms with van der Waals surface area (Å²) in [6.07, 6.45) is -3.90. The number of benzene rings is 2. The number of carbonyl (C=O) groups is 1. The minimum Gasteiger partial charge on any atom is -0.338 e. The molecule has 1 aliphatic rings. The molecule has 164 valence electrons. The molecule has 1 heterocycles. The van der Waals surface area contributed by atoms with Gasteiger partial charge in [0.25, 0.3) is 5.91 Å². The lowest BCUT2D eigenvalue weighted by Gasteiger charge is -2.39. The van der Waals surface area contributed by atoms with E-state index in [2.05, 4.69) is 21.2 Å². The number of nitrogens with zero attached hydrogens (tertiary/aromatic N) is 1. The number of hydrogen-bond acceptors (Lipinski definition) is 2. The molecule has 1 N–H and O–H groups in total. The second kappa shape index (κ2) is 9.66. The molecule has 0 spiro atoms. The molecule has 0 saturated carbocycles. The zero-order valence-electron chi connectivity index (χ0n) is 16.4. The normalized spacial score (nSPS) is 19.2. The Kier molecular flexibility index (Phi) is 7.93. The first kappa shape index (κ1) is 24.6. The Morgan fingerprint density at radius 1 is 1.20 bits per heavy atom. The number of piperidine rings is 1. The standard InChI is InChI=1S/C21H21BrF4N2O.ClH/c1-12-7-13(3-4-18(12)23)17-11-27-6-5-19(17)28(2)20(29)14-8-15(21(24,25)26)10-16(22)9-14;/h3-4,7-10,17,19,27H,5-6,11H2,1-2H3;1H/t17-,19+;/m0./s1. The largest absolute Gasteiger partial charge is 0.416 e. The van der Waals surface area contributed by atoms with E-state index in [1.165, 1.54) is 17.0 Å². The number of alkyl halides is 3. The average molecular weight is 510 g/mol. The fourth-order valence-corrected chi connectivity index (χ4v) is 4.27. The molecule has 1 saturated heterocycles. The molecule has 1 amide bonds.